The number of imide groups is 1. The van der Waals surface area contributed by atoms with Crippen LogP contribution in [0.2, 0.25) is 0 Å². The molecule has 9 nitrogen and oxygen atoms in total. The van der Waals surface area contributed by atoms with Crippen molar-refractivity contribution in [2.24, 2.45) is 5.92 Å². The molecule has 2 aromatic rings. The van der Waals surface area contributed by atoms with Crippen LogP contribution in [0.4, 0.5) is 15.3 Å². The average Bonchev–Trinajstić information content (AvgIpc) is 3.13. The van der Waals surface area contributed by atoms with Gasteiger partial charge in [-0.3, -0.25) is 4.79 Å². The van der Waals surface area contributed by atoms with Crippen LogP contribution in [0.5, 0.6) is 5.75 Å². The molecule has 2 aliphatic rings. The predicted octanol–water partition coefficient (Wildman–Crippen LogP) is 4.32. The Morgan fingerprint density at radius 3 is 2.51 bits per heavy atom. The van der Waals surface area contributed by atoms with Gasteiger partial charge in [0.2, 0.25) is 0 Å². The first-order valence-electron chi connectivity index (χ1n) is 11.7. The highest BCUT2D eigenvalue weighted by Crippen LogP contribution is 2.35. The molecule has 3 amide bonds. The molecule has 35 heavy (non-hydrogen) atoms. The van der Waals surface area contributed by atoms with E-state index in [1.54, 1.807) is 23.1 Å². The number of ether oxygens (including phenoxy) is 2. The summed E-state index contributed by atoms with van der Waals surface area (Å²) in [4.78, 5) is 38.9. The third kappa shape index (κ3) is 5.50. The van der Waals surface area contributed by atoms with Crippen LogP contribution in [0.3, 0.4) is 0 Å². The fourth-order valence-electron chi connectivity index (χ4n) is 4.60. The molecule has 0 bridgehead atoms. The van der Waals surface area contributed by atoms with Gasteiger partial charge in [0.15, 0.2) is 0 Å². The Bertz CT molecular complexity index is 1120. The summed E-state index contributed by atoms with van der Waals surface area (Å²) < 4.78 is 11.7. The molecule has 2 aliphatic heterocycles. The topological polar surface area (TPSA) is 122 Å². The van der Waals surface area contributed by atoms with Crippen molar-refractivity contribution in [3.8, 4) is 5.75 Å². The number of fused-ring (bicyclic) bond motifs is 1. The summed E-state index contributed by atoms with van der Waals surface area (Å²) >= 11 is 0. The van der Waals surface area contributed by atoms with Crippen molar-refractivity contribution >= 4 is 23.8 Å². The number of hydrogen-bond donors (Lipinski definition) is 2. The molecule has 0 saturated carbocycles. The second-order valence-electron chi connectivity index (χ2n) is 10.1. The maximum atomic E-state index is 12.7. The maximum absolute atomic E-state index is 12.7. The summed E-state index contributed by atoms with van der Waals surface area (Å²) in [5.74, 6) is 0.0495. The number of carbonyl (C=O) groups excluding carboxylic acids is 2. The van der Waals surface area contributed by atoms with Crippen LogP contribution in [0, 0.1) is 5.92 Å². The standard InChI is InChI=1S/C26H31N3O6/c1-26(2,3)35-25(33)28-11-10-21(16-4-7-19(27)8-5-16)18(13-28)15-34-20-9-6-17-14-29(24(31)32)23(30)22(17)12-20/h4-9,12,18,21H,10-11,13-15,27H2,1-3H3,(H,31,32). The third-order valence-electron chi connectivity index (χ3n) is 6.33. The molecule has 3 N–H and O–H groups in total. The van der Waals surface area contributed by atoms with Crippen LogP contribution in [0.15, 0.2) is 42.5 Å². The average molecular weight is 482 g/mol. The van der Waals surface area contributed by atoms with Crippen LogP contribution in [0.25, 0.3) is 0 Å². The van der Waals surface area contributed by atoms with Crippen LogP contribution in [-0.4, -0.2) is 58.3 Å². The van der Waals surface area contributed by atoms with E-state index in [9.17, 15) is 19.5 Å². The Morgan fingerprint density at radius 1 is 1.14 bits per heavy atom. The van der Waals surface area contributed by atoms with Crippen LogP contribution in [-0.2, 0) is 11.3 Å². The molecule has 0 aliphatic carbocycles. The molecule has 0 radical (unpaired) electrons. The minimum atomic E-state index is -1.27. The molecule has 1 saturated heterocycles. The molecule has 1 fully saturated rings. The summed E-state index contributed by atoms with van der Waals surface area (Å²) in [6.07, 6.45) is -0.882. The molecule has 9 heteroatoms. The summed E-state index contributed by atoms with van der Waals surface area (Å²) in [6.45, 7) is 6.90. The van der Waals surface area contributed by atoms with Gasteiger partial charge in [-0.1, -0.05) is 18.2 Å². The molecule has 2 atom stereocenters. The Hall–Kier alpha value is -3.75. The zero-order valence-electron chi connectivity index (χ0n) is 20.2. The molecule has 4 rings (SSSR count). The van der Waals surface area contributed by atoms with E-state index in [0.717, 1.165) is 16.9 Å². The smallest absolute Gasteiger partial charge is 0.414 e. The highest BCUT2D eigenvalue weighted by atomic mass is 16.6. The Labute approximate surface area is 204 Å². The Balaban J connectivity index is 1.51. The first-order chi connectivity index (χ1) is 16.5. The number of likely N-dealkylation sites (tertiary alicyclic amines) is 1. The Kier molecular flexibility index (Phi) is 6.60. The molecule has 2 unspecified atom stereocenters. The van der Waals surface area contributed by atoms with E-state index in [2.05, 4.69) is 0 Å². The fourth-order valence-corrected chi connectivity index (χ4v) is 4.60. The van der Waals surface area contributed by atoms with Gasteiger partial charge in [-0.05, 0) is 68.5 Å². The molecule has 186 valence electrons. The van der Waals surface area contributed by atoms with Gasteiger partial charge in [-0.15, -0.1) is 0 Å². The lowest BCUT2D eigenvalue weighted by molar-refractivity contribution is 0.0111. The van der Waals surface area contributed by atoms with E-state index in [1.807, 2.05) is 45.0 Å². The van der Waals surface area contributed by atoms with Crippen LogP contribution >= 0.6 is 0 Å². The number of carboxylic acid groups (broad SMARTS) is 1. The number of anilines is 1. The van der Waals surface area contributed by atoms with Gasteiger partial charge >= 0.3 is 12.2 Å². The van der Waals surface area contributed by atoms with Crippen molar-refractivity contribution in [1.82, 2.24) is 9.80 Å². The zero-order valence-corrected chi connectivity index (χ0v) is 20.2. The lowest BCUT2D eigenvalue weighted by atomic mass is 9.81. The van der Waals surface area contributed by atoms with Crippen molar-refractivity contribution in [3.05, 3.63) is 59.2 Å². The number of carbonyl (C=O) groups is 3. The van der Waals surface area contributed by atoms with Crippen molar-refractivity contribution in [3.63, 3.8) is 0 Å². The monoisotopic (exact) mass is 481 g/mol. The minimum Gasteiger partial charge on any atom is -0.493 e. The SMILES string of the molecule is CC(C)(C)OC(=O)N1CCC(c2ccc(N)cc2)C(COc2ccc3c(c2)C(=O)N(C(=O)O)C3)C1. The second-order valence-corrected chi connectivity index (χ2v) is 10.1. The van der Waals surface area contributed by atoms with Gasteiger partial charge in [-0.2, -0.15) is 0 Å². The molecule has 0 aromatic heterocycles. The quantitative estimate of drug-likeness (QED) is 0.624. The second kappa shape index (κ2) is 9.48. The van der Waals surface area contributed by atoms with E-state index in [-0.39, 0.29) is 24.5 Å². The zero-order chi connectivity index (χ0) is 25.3. The van der Waals surface area contributed by atoms with Crippen molar-refractivity contribution in [2.45, 2.75) is 45.3 Å². The first-order valence-corrected chi connectivity index (χ1v) is 11.7. The first kappa shape index (κ1) is 24.4. The number of rotatable bonds is 4. The number of hydrogen-bond acceptors (Lipinski definition) is 6. The van der Waals surface area contributed by atoms with Crippen molar-refractivity contribution in [2.75, 3.05) is 25.4 Å². The number of nitrogens with two attached hydrogens (primary N) is 1. The number of nitrogen functional groups attached to an aromatic ring is 1. The highest BCUT2D eigenvalue weighted by molar-refractivity contribution is 6.06. The van der Waals surface area contributed by atoms with Gasteiger partial charge < -0.3 is 25.2 Å². The van der Waals surface area contributed by atoms with E-state index in [1.165, 1.54) is 0 Å². The van der Waals surface area contributed by atoms with Gasteiger partial charge in [0.05, 0.1) is 13.2 Å². The molecular formula is C26H31N3O6. The van der Waals surface area contributed by atoms with E-state index < -0.39 is 17.6 Å². The van der Waals surface area contributed by atoms with E-state index in [0.29, 0.717) is 42.3 Å². The summed E-state index contributed by atoms with van der Waals surface area (Å²) in [7, 11) is 0. The predicted molar refractivity (Wildman–Crippen MR) is 129 cm³/mol. The van der Waals surface area contributed by atoms with Crippen molar-refractivity contribution in [1.29, 1.82) is 0 Å². The number of amides is 3. The third-order valence-corrected chi connectivity index (χ3v) is 6.33. The Morgan fingerprint density at radius 2 is 1.86 bits per heavy atom. The molecule has 2 aromatic carbocycles. The van der Waals surface area contributed by atoms with Gasteiger partial charge in [0.25, 0.3) is 5.91 Å². The molecule has 0 spiro atoms. The largest absolute Gasteiger partial charge is 0.493 e. The summed E-state index contributed by atoms with van der Waals surface area (Å²) in [5, 5.41) is 9.22. The number of nitrogens with zero attached hydrogens (tertiary/aromatic N) is 2. The fraction of sp³-hybridized carbons (Fsp3) is 0.423. The van der Waals surface area contributed by atoms with Crippen LogP contribution < -0.4 is 10.5 Å². The maximum Gasteiger partial charge on any atom is 0.414 e. The molecule has 2 heterocycles. The normalized spacial score (nSPS) is 19.9. The lowest BCUT2D eigenvalue weighted by Gasteiger charge is -2.39. The van der Waals surface area contributed by atoms with Crippen LogP contribution in [0.1, 0.15) is 54.6 Å². The van der Waals surface area contributed by atoms with Gasteiger partial charge in [0, 0.05) is 30.3 Å². The minimum absolute atomic E-state index is 0.0284. The van der Waals surface area contributed by atoms with E-state index in [4.69, 9.17) is 15.2 Å². The lowest BCUT2D eigenvalue weighted by Crippen LogP contribution is -2.46. The van der Waals surface area contributed by atoms with E-state index >= 15 is 0 Å². The summed E-state index contributed by atoms with van der Waals surface area (Å²) in [5.41, 5.74) is 8.08. The van der Waals surface area contributed by atoms with Gasteiger partial charge in [-0.25, -0.2) is 14.5 Å². The van der Waals surface area contributed by atoms with Crippen molar-refractivity contribution < 1.29 is 29.0 Å². The van der Waals surface area contributed by atoms with Gasteiger partial charge in [0.1, 0.15) is 11.4 Å². The number of benzene rings is 2. The highest BCUT2D eigenvalue weighted by Gasteiger charge is 2.35. The molecular weight excluding hydrogens is 450 g/mol. The number of piperidine rings is 1. The summed E-state index contributed by atoms with van der Waals surface area (Å²) in [6, 6.07) is 12.8.